The van der Waals surface area contributed by atoms with Gasteiger partial charge in [-0.1, -0.05) is 41.5 Å². The van der Waals surface area contributed by atoms with Gasteiger partial charge in [0.15, 0.2) is 0 Å². The lowest BCUT2D eigenvalue weighted by molar-refractivity contribution is 0.615. The summed E-state index contributed by atoms with van der Waals surface area (Å²) in [5.74, 6) is 0. The van der Waals surface area contributed by atoms with Gasteiger partial charge in [0.1, 0.15) is 0 Å². The summed E-state index contributed by atoms with van der Waals surface area (Å²) in [5, 5.41) is 3.44. The molecule has 0 bridgehead atoms. The van der Waals surface area contributed by atoms with E-state index in [2.05, 4.69) is 49.6 Å². The molecular formula is C15H21N. The maximum Gasteiger partial charge on any atom is 0.0317 e. The van der Waals surface area contributed by atoms with Crippen molar-refractivity contribution in [1.82, 2.24) is 5.32 Å². The van der Waals surface area contributed by atoms with E-state index in [-0.39, 0.29) is 0 Å². The fourth-order valence-corrected chi connectivity index (χ4v) is 2.51. The molecule has 1 aromatic rings. The Balaban J connectivity index is 2.06. The Morgan fingerprint density at radius 3 is 2.88 bits per heavy atom. The summed E-state index contributed by atoms with van der Waals surface area (Å²) >= 11 is 0. The van der Waals surface area contributed by atoms with E-state index in [1.54, 1.807) is 5.57 Å². The second kappa shape index (κ2) is 5.31. The fraction of sp³-hybridized carbons (Fsp3) is 0.467. The van der Waals surface area contributed by atoms with Crippen molar-refractivity contribution in [3.05, 3.63) is 47.0 Å². The van der Waals surface area contributed by atoms with E-state index in [9.17, 15) is 0 Å². The number of rotatable bonds is 4. The van der Waals surface area contributed by atoms with Gasteiger partial charge < -0.3 is 5.32 Å². The van der Waals surface area contributed by atoms with Gasteiger partial charge in [-0.3, -0.25) is 0 Å². The quantitative estimate of drug-likeness (QED) is 0.760. The molecule has 0 amide bonds. The van der Waals surface area contributed by atoms with Crippen LogP contribution in [-0.4, -0.2) is 13.1 Å². The molecule has 1 unspecified atom stereocenters. The topological polar surface area (TPSA) is 12.0 Å². The van der Waals surface area contributed by atoms with Crippen molar-refractivity contribution in [2.24, 2.45) is 0 Å². The first-order valence-electron chi connectivity index (χ1n) is 6.21. The second-order valence-corrected chi connectivity index (χ2v) is 4.71. The van der Waals surface area contributed by atoms with Gasteiger partial charge in [0.2, 0.25) is 0 Å². The zero-order chi connectivity index (χ0) is 11.4. The fourth-order valence-electron chi connectivity index (χ4n) is 2.51. The highest BCUT2D eigenvalue weighted by Gasteiger charge is 2.15. The van der Waals surface area contributed by atoms with Gasteiger partial charge in [-0.15, -0.1) is 0 Å². The molecular weight excluding hydrogens is 194 g/mol. The molecule has 0 heterocycles. The van der Waals surface area contributed by atoms with Crippen LogP contribution in [0.4, 0.5) is 0 Å². The van der Waals surface area contributed by atoms with E-state index in [4.69, 9.17) is 0 Å². The number of nitrogens with one attached hydrogen (secondary N) is 1. The molecule has 86 valence electrons. The van der Waals surface area contributed by atoms with Gasteiger partial charge in [-0.25, -0.2) is 0 Å². The highest BCUT2D eigenvalue weighted by atomic mass is 14.9. The van der Waals surface area contributed by atoms with Crippen LogP contribution >= 0.6 is 0 Å². The molecule has 0 fully saturated rings. The first-order valence-corrected chi connectivity index (χ1v) is 6.21. The van der Waals surface area contributed by atoms with Crippen molar-refractivity contribution in [2.75, 3.05) is 7.05 Å². The largest absolute Gasteiger partial charge is 0.313 e. The maximum absolute atomic E-state index is 3.44. The zero-order valence-electron chi connectivity index (χ0n) is 10.3. The SMILES string of the molecule is CNC(Cc1cccc(C)c1)C1=CCCC1. The zero-order valence-corrected chi connectivity index (χ0v) is 10.3. The van der Waals surface area contributed by atoms with Crippen molar-refractivity contribution >= 4 is 0 Å². The summed E-state index contributed by atoms with van der Waals surface area (Å²) in [6.07, 6.45) is 7.40. The smallest absolute Gasteiger partial charge is 0.0317 e. The standard InChI is InChI=1S/C15H21N/c1-12-6-5-7-13(10-12)11-15(16-2)14-8-3-4-9-14/h5-8,10,15-16H,3-4,9,11H2,1-2H3. The van der Waals surface area contributed by atoms with Crippen LogP contribution in [0.1, 0.15) is 30.4 Å². The monoisotopic (exact) mass is 215 g/mol. The Hall–Kier alpha value is -1.08. The summed E-state index contributed by atoms with van der Waals surface area (Å²) in [7, 11) is 2.07. The molecule has 1 aliphatic carbocycles. The molecule has 1 heteroatoms. The Bertz CT molecular complexity index is 379. The summed E-state index contributed by atoms with van der Waals surface area (Å²) in [6, 6.07) is 9.36. The Morgan fingerprint density at radius 2 is 2.25 bits per heavy atom. The summed E-state index contributed by atoms with van der Waals surface area (Å²) in [4.78, 5) is 0. The molecule has 1 aliphatic rings. The van der Waals surface area contributed by atoms with Crippen LogP contribution in [0.25, 0.3) is 0 Å². The molecule has 0 saturated carbocycles. The molecule has 1 atom stereocenters. The van der Waals surface area contributed by atoms with E-state index in [0.29, 0.717) is 6.04 Å². The van der Waals surface area contributed by atoms with Gasteiger partial charge in [0.05, 0.1) is 0 Å². The average molecular weight is 215 g/mol. The number of aryl methyl sites for hydroxylation is 1. The molecule has 0 aromatic heterocycles. The number of likely N-dealkylation sites (N-methyl/N-ethyl adjacent to an activating group) is 1. The Morgan fingerprint density at radius 1 is 1.38 bits per heavy atom. The van der Waals surface area contributed by atoms with E-state index < -0.39 is 0 Å². The summed E-state index contributed by atoms with van der Waals surface area (Å²) in [6.45, 7) is 2.16. The third kappa shape index (κ3) is 2.73. The van der Waals surface area contributed by atoms with Gasteiger partial charge in [-0.05, 0) is 45.2 Å². The third-order valence-electron chi connectivity index (χ3n) is 3.39. The van der Waals surface area contributed by atoms with Crippen LogP contribution in [0, 0.1) is 6.92 Å². The summed E-state index contributed by atoms with van der Waals surface area (Å²) in [5.41, 5.74) is 4.39. The molecule has 0 spiro atoms. The molecule has 16 heavy (non-hydrogen) atoms. The first-order chi connectivity index (χ1) is 7.79. The molecule has 0 aliphatic heterocycles. The highest BCUT2D eigenvalue weighted by molar-refractivity contribution is 5.26. The van der Waals surface area contributed by atoms with E-state index in [0.717, 1.165) is 6.42 Å². The number of hydrogen-bond donors (Lipinski definition) is 1. The first kappa shape index (κ1) is 11.4. The van der Waals surface area contributed by atoms with Crippen molar-refractivity contribution in [3.63, 3.8) is 0 Å². The third-order valence-corrected chi connectivity index (χ3v) is 3.39. The lowest BCUT2D eigenvalue weighted by Gasteiger charge is -2.18. The Kier molecular flexibility index (Phi) is 3.79. The van der Waals surface area contributed by atoms with Crippen LogP contribution in [-0.2, 0) is 6.42 Å². The molecule has 0 saturated heterocycles. The van der Waals surface area contributed by atoms with Gasteiger partial charge in [-0.2, -0.15) is 0 Å². The van der Waals surface area contributed by atoms with Crippen molar-refractivity contribution in [3.8, 4) is 0 Å². The van der Waals surface area contributed by atoms with Crippen molar-refractivity contribution in [2.45, 2.75) is 38.6 Å². The summed E-state index contributed by atoms with van der Waals surface area (Å²) < 4.78 is 0. The molecule has 1 N–H and O–H groups in total. The predicted octanol–water partition coefficient (Wildman–Crippen LogP) is 3.24. The lowest BCUT2D eigenvalue weighted by atomic mass is 9.97. The second-order valence-electron chi connectivity index (χ2n) is 4.71. The van der Waals surface area contributed by atoms with Crippen LogP contribution in [0.5, 0.6) is 0 Å². The normalized spacial score (nSPS) is 17.2. The minimum Gasteiger partial charge on any atom is -0.313 e. The van der Waals surface area contributed by atoms with Crippen molar-refractivity contribution < 1.29 is 0 Å². The minimum absolute atomic E-state index is 0.532. The van der Waals surface area contributed by atoms with Gasteiger partial charge >= 0.3 is 0 Å². The number of allylic oxidation sites excluding steroid dienone is 1. The molecule has 1 nitrogen and oxygen atoms in total. The van der Waals surface area contributed by atoms with Gasteiger partial charge in [0.25, 0.3) is 0 Å². The van der Waals surface area contributed by atoms with E-state index in [1.807, 2.05) is 0 Å². The highest BCUT2D eigenvalue weighted by Crippen LogP contribution is 2.23. The number of benzene rings is 1. The minimum atomic E-state index is 0.532. The molecule has 0 radical (unpaired) electrons. The Labute approximate surface area is 98.6 Å². The lowest BCUT2D eigenvalue weighted by Crippen LogP contribution is -2.29. The van der Waals surface area contributed by atoms with Crippen LogP contribution in [0.15, 0.2) is 35.9 Å². The molecule has 2 rings (SSSR count). The van der Waals surface area contributed by atoms with E-state index in [1.165, 1.54) is 30.4 Å². The average Bonchev–Trinajstić information content (AvgIpc) is 2.79. The van der Waals surface area contributed by atoms with E-state index >= 15 is 0 Å². The van der Waals surface area contributed by atoms with Gasteiger partial charge in [0, 0.05) is 6.04 Å². The predicted molar refractivity (Wildman–Crippen MR) is 69.7 cm³/mol. The van der Waals surface area contributed by atoms with Crippen LogP contribution in [0.3, 0.4) is 0 Å². The van der Waals surface area contributed by atoms with Crippen LogP contribution in [0.2, 0.25) is 0 Å². The molecule has 1 aromatic carbocycles. The number of hydrogen-bond acceptors (Lipinski definition) is 1. The van der Waals surface area contributed by atoms with Crippen molar-refractivity contribution in [1.29, 1.82) is 0 Å². The van der Waals surface area contributed by atoms with Crippen LogP contribution < -0.4 is 5.32 Å². The maximum atomic E-state index is 3.44.